The number of hydrogen-bond acceptors (Lipinski definition) is 4. The number of benzene rings is 3. The molecule has 0 saturated heterocycles. The van der Waals surface area contributed by atoms with Gasteiger partial charge in [0.05, 0.1) is 11.4 Å². The molecule has 4 aromatic rings. The Bertz CT molecular complexity index is 1250. The van der Waals surface area contributed by atoms with Gasteiger partial charge in [0.2, 0.25) is 0 Å². The molecule has 0 aliphatic heterocycles. The van der Waals surface area contributed by atoms with E-state index < -0.39 is 0 Å². The van der Waals surface area contributed by atoms with Crippen molar-refractivity contribution in [3.05, 3.63) is 95.3 Å². The first-order chi connectivity index (χ1) is 16.5. The molecule has 0 unspecified atom stereocenters. The maximum atomic E-state index is 10.4. The molecule has 0 atom stereocenters. The Morgan fingerprint density at radius 3 is 1.71 bits per heavy atom. The summed E-state index contributed by atoms with van der Waals surface area (Å²) in [6, 6.07) is 22.5. The molecule has 4 N–H and O–H groups in total. The molecule has 0 spiro atoms. The van der Waals surface area contributed by atoms with Gasteiger partial charge in [-0.2, -0.15) is 5.10 Å². The summed E-state index contributed by atoms with van der Waals surface area (Å²) in [5.74, 6) is 0.752. The van der Waals surface area contributed by atoms with Crippen molar-refractivity contribution in [2.24, 2.45) is 0 Å². The Balaban J connectivity index is 1.59. The largest absolute Gasteiger partial charge is 0.508 e. The van der Waals surface area contributed by atoms with Gasteiger partial charge < -0.3 is 15.3 Å². The normalized spacial score (nSPS) is 18.1. The maximum Gasteiger partial charge on any atom is 0.116 e. The van der Waals surface area contributed by atoms with Crippen LogP contribution in [-0.4, -0.2) is 25.5 Å². The second kappa shape index (κ2) is 7.66. The number of nitrogens with one attached hydrogen (secondary N) is 1. The molecule has 2 fully saturated rings. The maximum absolute atomic E-state index is 10.4. The number of aromatic hydroxyl groups is 3. The van der Waals surface area contributed by atoms with Crippen LogP contribution in [0.5, 0.6) is 17.2 Å². The van der Waals surface area contributed by atoms with Crippen LogP contribution in [0.4, 0.5) is 0 Å². The summed E-state index contributed by atoms with van der Waals surface area (Å²) in [5.41, 5.74) is 5.99. The molecule has 0 radical (unpaired) electrons. The zero-order chi connectivity index (χ0) is 23.3. The first-order valence-corrected chi connectivity index (χ1v) is 12.0. The minimum Gasteiger partial charge on any atom is -0.508 e. The molecule has 0 amide bonds. The first-order valence-electron chi connectivity index (χ1n) is 12.0. The fourth-order valence-corrected chi connectivity index (χ4v) is 5.94. The lowest BCUT2D eigenvalue weighted by Crippen LogP contribution is -2.38. The quantitative estimate of drug-likeness (QED) is 0.293. The molecule has 34 heavy (non-hydrogen) atoms. The fourth-order valence-electron chi connectivity index (χ4n) is 5.94. The van der Waals surface area contributed by atoms with Crippen LogP contribution in [-0.2, 0) is 10.8 Å². The summed E-state index contributed by atoms with van der Waals surface area (Å²) in [6.07, 6.45) is 6.21. The minimum atomic E-state index is -0.233. The fraction of sp³-hybridized carbons (Fsp3) is 0.276. The summed E-state index contributed by atoms with van der Waals surface area (Å²) in [4.78, 5) is 0. The second-order valence-electron chi connectivity index (χ2n) is 9.84. The predicted octanol–water partition coefficient (Wildman–Crippen LogP) is 6.13. The lowest BCUT2D eigenvalue weighted by molar-refractivity contribution is 0.293. The van der Waals surface area contributed by atoms with Crippen LogP contribution < -0.4 is 0 Å². The highest BCUT2D eigenvalue weighted by molar-refractivity contribution is 5.75. The summed E-state index contributed by atoms with van der Waals surface area (Å²) >= 11 is 0. The third-order valence-corrected chi connectivity index (χ3v) is 8.09. The molecule has 5 nitrogen and oxygen atoms in total. The number of aromatic amines is 1. The van der Waals surface area contributed by atoms with Gasteiger partial charge in [-0.25, -0.2) is 0 Å². The number of H-pyrrole nitrogens is 1. The van der Waals surface area contributed by atoms with E-state index in [1.807, 2.05) is 42.5 Å². The van der Waals surface area contributed by atoms with Crippen molar-refractivity contribution < 1.29 is 15.3 Å². The van der Waals surface area contributed by atoms with Crippen molar-refractivity contribution in [3.8, 4) is 28.4 Å². The van der Waals surface area contributed by atoms with Crippen LogP contribution in [0.3, 0.4) is 0 Å². The number of phenolic OH excluding ortho intramolecular Hbond substituents is 3. The Hall–Kier alpha value is -3.73. The van der Waals surface area contributed by atoms with Gasteiger partial charge in [0, 0.05) is 16.4 Å². The molecule has 1 aromatic heterocycles. The number of aromatic nitrogens is 2. The number of nitrogens with zero attached hydrogens (tertiary/aromatic N) is 1. The van der Waals surface area contributed by atoms with Crippen LogP contribution in [0.25, 0.3) is 11.1 Å². The van der Waals surface area contributed by atoms with Gasteiger partial charge in [0.25, 0.3) is 0 Å². The van der Waals surface area contributed by atoms with Crippen LogP contribution in [0.2, 0.25) is 0 Å². The molecular formula is C29H28N2O3. The smallest absolute Gasteiger partial charge is 0.116 e. The number of phenols is 3. The third kappa shape index (κ3) is 3.03. The predicted molar refractivity (Wildman–Crippen MR) is 131 cm³/mol. The van der Waals surface area contributed by atoms with Crippen LogP contribution in [0.1, 0.15) is 61.0 Å². The first kappa shape index (κ1) is 20.8. The average Bonchev–Trinajstić information content (AvgIpc) is 3.20. The van der Waals surface area contributed by atoms with Crippen molar-refractivity contribution in [1.29, 1.82) is 0 Å². The molecule has 2 aliphatic rings. The van der Waals surface area contributed by atoms with Gasteiger partial charge in [0.1, 0.15) is 17.2 Å². The van der Waals surface area contributed by atoms with Gasteiger partial charge >= 0.3 is 0 Å². The van der Waals surface area contributed by atoms with E-state index in [4.69, 9.17) is 5.10 Å². The molecule has 2 saturated carbocycles. The molecule has 2 aliphatic carbocycles. The summed E-state index contributed by atoms with van der Waals surface area (Å²) in [7, 11) is 0. The van der Waals surface area contributed by atoms with E-state index in [2.05, 4.69) is 5.10 Å². The highest BCUT2D eigenvalue weighted by Crippen LogP contribution is 2.56. The molecule has 1 heterocycles. The van der Waals surface area contributed by atoms with Crippen LogP contribution >= 0.6 is 0 Å². The zero-order valence-corrected chi connectivity index (χ0v) is 19.0. The summed E-state index contributed by atoms with van der Waals surface area (Å²) in [5, 5.41) is 38.6. The Morgan fingerprint density at radius 1 is 0.647 bits per heavy atom. The Labute approximate surface area is 198 Å². The van der Waals surface area contributed by atoms with Crippen molar-refractivity contribution >= 4 is 0 Å². The van der Waals surface area contributed by atoms with E-state index in [0.717, 1.165) is 66.6 Å². The molecule has 6 rings (SSSR count). The summed E-state index contributed by atoms with van der Waals surface area (Å²) < 4.78 is 0. The summed E-state index contributed by atoms with van der Waals surface area (Å²) in [6.45, 7) is 0. The van der Waals surface area contributed by atoms with Gasteiger partial charge in [-0.15, -0.1) is 0 Å². The van der Waals surface area contributed by atoms with Gasteiger partial charge in [0.15, 0.2) is 0 Å². The topological polar surface area (TPSA) is 89.4 Å². The third-order valence-electron chi connectivity index (χ3n) is 8.09. The number of hydrogen-bond donors (Lipinski definition) is 4. The van der Waals surface area contributed by atoms with Gasteiger partial charge in [-0.3, -0.25) is 5.10 Å². The van der Waals surface area contributed by atoms with E-state index in [-0.39, 0.29) is 28.1 Å². The Kier molecular flexibility index (Phi) is 4.70. The average molecular weight is 453 g/mol. The molecular weight excluding hydrogens is 424 g/mol. The van der Waals surface area contributed by atoms with Crippen molar-refractivity contribution in [1.82, 2.24) is 10.2 Å². The highest BCUT2D eigenvalue weighted by atomic mass is 16.3. The van der Waals surface area contributed by atoms with E-state index in [9.17, 15) is 15.3 Å². The van der Waals surface area contributed by atoms with Crippen molar-refractivity contribution in [2.45, 2.75) is 49.4 Å². The lowest BCUT2D eigenvalue weighted by Gasteiger charge is -2.44. The minimum absolute atomic E-state index is 0.209. The van der Waals surface area contributed by atoms with E-state index in [1.54, 1.807) is 30.3 Å². The van der Waals surface area contributed by atoms with E-state index in [1.165, 1.54) is 5.56 Å². The second-order valence-corrected chi connectivity index (χ2v) is 9.84. The van der Waals surface area contributed by atoms with Crippen molar-refractivity contribution in [2.75, 3.05) is 0 Å². The Morgan fingerprint density at radius 2 is 1.21 bits per heavy atom. The van der Waals surface area contributed by atoms with E-state index in [0.29, 0.717) is 0 Å². The van der Waals surface area contributed by atoms with E-state index >= 15 is 0 Å². The molecule has 172 valence electrons. The van der Waals surface area contributed by atoms with Crippen molar-refractivity contribution in [3.63, 3.8) is 0 Å². The SMILES string of the molecule is Oc1ccc(C2(c3n[nH]c(C4(c5ccc(O)cc5)CCC4)c3-c3cccc(O)c3)CCC2)cc1. The highest BCUT2D eigenvalue weighted by Gasteiger charge is 2.49. The monoisotopic (exact) mass is 452 g/mol. The van der Waals surface area contributed by atoms with Gasteiger partial charge in [-0.05, 0) is 78.8 Å². The lowest BCUT2D eigenvalue weighted by atomic mass is 9.58. The van der Waals surface area contributed by atoms with Gasteiger partial charge in [-0.1, -0.05) is 49.2 Å². The van der Waals surface area contributed by atoms with Crippen LogP contribution in [0.15, 0.2) is 72.8 Å². The zero-order valence-electron chi connectivity index (χ0n) is 19.0. The molecule has 5 heteroatoms. The van der Waals surface area contributed by atoms with Crippen LogP contribution in [0, 0.1) is 0 Å². The number of rotatable bonds is 5. The molecule has 3 aromatic carbocycles. The standard InChI is InChI=1S/C29H28N2O3/c32-22-10-6-20(7-11-22)28(14-2-15-28)26-25(19-4-1-5-24(34)18-19)27(31-30-26)29(16-3-17-29)21-8-12-23(33)13-9-21/h1,4-13,18,32-34H,2-3,14-17H2,(H,30,31). The molecule has 0 bridgehead atoms.